The highest BCUT2D eigenvalue weighted by Crippen LogP contribution is 2.30. The fraction of sp³-hybridized carbons (Fsp3) is 0.280. The van der Waals surface area contributed by atoms with Gasteiger partial charge in [-0.25, -0.2) is 14.4 Å². The van der Waals surface area contributed by atoms with Crippen molar-refractivity contribution in [3.8, 4) is 23.1 Å². The lowest BCUT2D eigenvalue weighted by molar-refractivity contribution is 0.0702. The van der Waals surface area contributed by atoms with Crippen LogP contribution in [0.3, 0.4) is 0 Å². The van der Waals surface area contributed by atoms with Crippen molar-refractivity contribution in [2.24, 2.45) is 12.8 Å². The zero-order valence-corrected chi connectivity index (χ0v) is 19.0. The molecule has 0 bridgehead atoms. The zero-order valence-electron chi connectivity index (χ0n) is 19.0. The van der Waals surface area contributed by atoms with Gasteiger partial charge in [0, 0.05) is 37.4 Å². The van der Waals surface area contributed by atoms with Crippen LogP contribution in [0.4, 0.5) is 4.39 Å². The number of rotatable bonds is 3. The van der Waals surface area contributed by atoms with Crippen LogP contribution in [0.2, 0.25) is 0 Å². The highest BCUT2D eigenvalue weighted by atomic mass is 19.1. The van der Waals surface area contributed by atoms with Gasteiger partial charge in [0.25, 0.3) is 5.91 Å². The molecule has 9 heteroatoms. The van der Waals surface area contributed by atoms with E-state index >= 15 is 0 Å². The molecule has 0 radical (unpaired) electrons. The first-order valence-electron chi connectivity index (χ1n) is 11.1. The van der Waals surface area contributed by atoms with Crippen molar-refractivity contribution in [1.29, 1.82) is 5.26 Å². The molecule has 3 heterocycles. The zero-order chi connectivity index (χ0) is 24.0. The Labute approximate surface area is 196 Å². The predicted octanol–water partition coefficient (Wildman–Crippen LogP) is 3.31. The lowest BCUT2D eigenvalue weighted by Crippen LogP contribution is -2.46. The Morgan fingerprint density at radius 2 is 2.09 bits per heavy atom. The summed E-state index contributed by atoms with van der Waals surface area (Å²) in [6.45, 7) is 2.93. The molecule has 0 spiro atoms. The number of carbonyl (C=O) groups is 1. The second-order valence-electron chi connectivity index (χ2n) is 8.69. The van der Waals surface area contributed by atoms with E-state index in [2.05, 4.69) is 4.98 Å². The summed E-state index contributed by atoms with van der Waals surface area (Å²) in [5, 5.41) is 9.12. The van der Waals surface area contributed by atoms with Gasteiger partial charge in [-0.15, -0.1) is 0 Å². The van der Waals surface area contributed by atoms with Crippen LogP contribution in [-0.4, -0.2) is 49.0 Å². The van der Waals surface area contributed by atoms with Crippen LogP contribution >= 0.6 is 0 Å². The van der Waals surface area contributed by atoms with Crippen molar-refractivity contribution in [2.45, 2.75) is 25.8 Å². The molecule has 1 aliphatic heterocycles. The average molecular weight is 458 g/mol. The van der Waals surface area contributed by atoms with Gasteiger partial charge in [0.2, 0.25) is 0 Å². The number of nitrogens with two attached hydrogens (primary N) is 1. The molecule has 34 heavy (non-hydrogen) atoms. The molecule has 0 unspecified atom stereocenters. The topological polar surface area (TPSA) is 106 Å². The van der Waals surface area contributed by atoms with Gasteiger partial charge in [-0.3, -0.25) is 9.36 Å². The first-order valence-corrected chi connectivity index (χ1v) is 11.1. The van der Waals surface area contributed by atoms with E-state index in [4.69, 9.17) is 16.0 Å². The molecule has 4 aromatic rings. The third-order valence-electron chi connectivity index (χ3n) is 6.37. The van der Waals surface area contributed by atoms with Gasteiger partial charge in [0.15, 0.2) is 0 Å². The third kappa shape index (κ3) is 3.62. The minimum absolute atomic E-state index is 0.0490. The van der Waals surface area contributed by atoms with Crippen molar-refractivity contribution < 1.29 is 9.18 Å². The molecular formula is C25H24FN7O. The number of aromatic nitrogens is 4. The fourth-order valence-electron chi connectivity index (χ4n) is 4.57. The molecule has 1 atom stereocenters. The summed E-state index contributed by atoms with van der Waals surface area (Å²) in [7, 11) is 1.92. The van der Waals surface area contributed by atoms with Crippen molar-refractivity contribution >= 4 is 16.9 Å². The fourth-order valence-corrected chi connectivity index (χ4v) is 4.57. The summed E-state index contributed by atoms with van der Waals surface area (Å²) in [5.74, 6) is -0.413. The quantitative estimate of drug-likeness (QED) is 0.508. The lowest BCUT2D eigenvalue weighted by atomic mass is 10.1. The molecule has 2 aromatic heterocycles. The molecule has 8 nitrogen and oxygen atoms in total. The second-order valence-corrected chi connectivity index (χ2v) is 8.69. The molecule has 1 aliphatic rings. The van der Waals surface area contributed by atoms with Crippen LogP contribution in [0.25, 0.3) is 28.1 Å². The Kier molecular flexibility index (Phi) is 5.38. The minimum atomic E-state index is -0.637. The number of aryl methyl sites for hydroxylation is 1. The number of hydrogen-bond donors (Lipinski definition) is 1. The smallest absolute Gasteiger partial charge is 0.274 e. The molecule has 1 amide bonds. The Balaban J connectivity index is 1.68. The minimum Gasteiger partial charge on any atom is -0.336 e. The first kappa shape index (κ1) is 21.8. The van der Waals surface area contributed by atoms with E-state index in [0.717, 1.165) is 29.6 Å². The normalized spacial score (nSPS) is 16.1. The van der Waals surface area contributed by atoms with E-state index in [9.17, 15) is 9.18 Å². The Morgan fingerprint density at radius 1 is 1.26 bits per heavy atom. The maximum absolute atomic E-state index is 14.5. The van der Waals surface area contributed by atoms with Crippen molar-refractivity contribution in [3.63, 3.8) is 0 Å². The summed E-state index contributed by atoms with van der Waals surface area (Å²) in [4.78, 5) is 24.3. The summed E-state index contributed by atoms with van der Waals surface area (Å²) >= 11 is 0. The summed E-state index contributed by atoms with van der Waals surface area (Å²) in [5.41, 5.74) is 9.97. The van der Waals surface area contributed by atoms with E-state index < -0.39 is 5.82 Å². The van der Waals surface area contributed by atoms with E-state index in [1.54, 1.807) is 17.3 Å². The number of carbonyl (C=O) groups excluding carboxylic acids is 1. The maximum Gasteiger partial charge on any atom is 0.274 e. The summed E-state index contributed by atoms with van der Waals surface area (Å²) in [6, 6.07) is 11.9. The van der Waals surface area contributed by atoms with E-state index in [1.807, 2.05) is 47.4 Å². The van der Waals surface area contributed by atoms with E-state index in [0.29, 0.717) is 35.9 Å². The Morgan fingerprint density at radius 3 is 2.82 bits per heavy atom. The number of nitrogens with zero attached hydrogens (tertiary/aromatic N) is 6. The molecule has 0 aliphatic carbocycles. The number of imidazole rings is 2. The van der Waals surface area contributed by atoms with Crippen LogP contribution in [0, 0.1) is 24.1 Å². The number of likely N-dealkylation sites (tertiary alicyclic amines) is 1. The Hall–Kier alpha value is -4.03. The third-order valence-corrected chi connectivity index (χ3v) is 6.37. The largest absolute Gasteiger partial charge is 0.336 e. The SMILES string of the molecule is Cc1c(C(=O)N2CCC[C@@H](N)C2)nc(-c2ccc(C#N)c(F)c2)n1-c1ccc2c(c1)ncn2C. The standard InChI is InChI=1S/C25H24FN7O/c1-15-23(25(34)32-9-3-4-18(28)13-32)30-24(16-5-6-17(12-27)20(26)10-16)33(15)19-7-8-22-21(11-19)29-14-31(22)2/h5-8,10-11,14,18H,3-4,9,13,28H2,1-2H3/t18-/m1/s1. The van der Waals surface area contributed by atoms with Crippen molar-refractivity contribution in [2.75, 3.05) is 13.1 Å². The number of fused-ring (bicyclic) bond motifs is 1. The van der Waals surface area contributed by atoms with Crippen LogP contribution in [-0.2, 0) is 7.05 Å². The average Bonchev–Trinajstić information content (AvgIpc) is 3.38. The highest BCUT2D eigenvalue weighted by Gasteiger charge is 2.28. The molecule has 1 saturated heterocycles. The molecular weight excluding hydrogens is 433 g/mol. The van der Waals surface area contributed by atoms with Gasteiger partial charge in [0.1, 0.15) is 23.4 Å². The van der Waals surface area contributed by atoms with Crippen LogP contribution < -0.4 is 5.73 Å². The molecule has 172 valence electrons. The summed E-state index contributed by atoms with van der Waals surface area (Å²) < 4.78 is 18.3. The lowest BCUT2D eigenvalue weighted by Gasteiger charge is -2.30. The first-order chi connectivity index (χ1) is 16.4. The highest BCUT2D eigenvalue weighted by molar-refractivity contribution is 5.95. The summed E-state index contributed by atoms with van der Waals surface area (Å²) in [6.07, 6.45) is 3.47. The monoisotopic (exact) mass is 457 g/mol. The van der Waals surface area contributed by atoms with Crippen LogP contribution in [0.5, 0.6) is 0 Å². The molecule has 1 fully saturated rings. The van der Waals surface area contributed by atoms with E-state index in [-0.39, 0.29) is 17.5 Å². The molecule has 2 aromatic carbocycles. The van der Waals surface area contributed by atoms with Crippen molar-refractivity contribution in [1.82, 2.24) is 24.0 Å². The molecule has 5 rings (SSSR count). The number of halogens is 1. The number of nitriles is 1. The number of benzene rings is 2. The van der Waals surface area contributed by atoms with Gasteiger partial charge in [-0.1, -0.05) is 0 Å². The number of amides is 1. The van der Waals surface area contributed by atoms with Crippen LogP contribution in [0.1, 0.15) is 34.6 Å². The van der Waals surface area contributed by atoms with Gasteiger partial charge >= 0.3 is 0 Å². The van der Waals surface area contributed by atoms with Gasteiger partial charge < -0.3 is 15.2 Å². The van der Waals surface area contributed by atoms with Gasteiger partial charge in [0.05, 0.1) is 28.6 Å². The second kappa shape index (κ2) is 8.39. The number of hydrogen-bond acceptors (Lipinski definition) is 5. The number of piperidine rings is 1. The van der Waals surface area contributed by atoms with Crippen LogP contribution in [0.15, 0.2) is 42.7 Å². The maximum atomic E-state index is 14.5. The predicted molar refractivity (Wildman–Crippen MR) is 126 cm³/mol. The van der Waals surface area contributed by atoms with Crippen molar-refractivity contribution in [3.05, 3.63) is 65.5 Å². The molecule has 0 saturated carbocycles. The van der Waals surface area contributed by atoms with Gasteiger partial charge in [-0.05, 0) is 56.2 Å². The van der Waals surface area contributed by atoms with Gasteiger partial charge in [-0.2, -0.15) is 5.26 Å². The van der Waals surface area contributed by atoms with E-state index in [1.165, 1.54) is 12.1 Å². The molecule has 2 N–H and O–H groups in total. The Bertz CT molecular complexity index is 1460.